The Morgan fingerprint density at radius 3 is 2.21 bits per heavy atom. The summed E-state index contributed by atoms with van der Waals surface area (Å²) < 4.78 is 5.86. The van der Waals surface area contributed by atoms with E-state index in [1.54, 1.807) is 0 Å². The van der Waals surface area contributed by atoms with Crippen LogP contribution in [0, 0.1) is 5.92 Å². The van der Waals surface area contributed by atoms with Crippen LogP contribution in [0.15, 0.2) is 52.9 Å². The Morgan fingerprint density at radius 2 is 1.58 bits per heavy atom. The van der Waals surface area contributed by atoms with Crippen LogP contribution in [0.3, 0.4) is 0 Å². The van der Waals surface area contributed by atoms with Crippen molar-refractivity contribution in [3.05, 3.63) is 70.6 Å². The van der Waals surface area contributed by atoms with Crippen molar-refractivity contribution in [2.45, 2.75) is 33.1 Å². The lowest BCUT2D eigenvalue weighted by Crippen LogP contribution is -1.98. The molecular weight excluding hydrogens is 320 g/mol. The van der Waals surface area contributed by atoms with Crippen LogP contribution in [0.4, 0.5) is 0 Å². The van der Waals surface area contributed by atoms with Gasteiger partial charge in [-0.1, -0.05) is 49.7 Å². The molecule has 0 unspecified atom stereocenters. The molecule has 0 bridgehead atoms. The Morgan fingerprint density at radius 1 is 0.917 bits per heavy atom. The highest BCUT2D eigenvalue weighted by Crippen LogP contribution is 2.27. The minimum absolute atomic E-state index is 0.0617. The molecule has 0 fully saturated rings. The summed E-state index contributed by atoms with van der Waals surface area (Å²) in [5.74, 6) is 1.86. The molecule has 4 heteroatoms. The molecule has 1 heterocycles. The van der Waals surface area contributed by atoms with Gasteiger partial charge in [-0.15, -0.1) is 10.2 Å². The molecule has 0 aliphatic rings. The Kier molecular flexibility index (Phi) is 5.00. The molecule has 0 N–H and O–H groups in total. The summed E-state index contributed by atoms with van der Waals surface area (Å²) in [4.78, 5) is 0. The SMILES string of the molecule is CC(C)Cc1ccc([C@H](C)c2nnc(-c3ccc(Cl)cc3)o2)cc1. The zero-order chi connectivity index (χ0) is 17.1. The highest BCUT2D eigenvalue weighted by molar-refractivity contribution is 6.30. The fraction of sp³-hybridized carbons (Fsp3) is 0.300. The van der Waals surface area contributed by atoms with E-state index in [2.05, 4.69) is 55.2 Å². The number of nitrogens with zero attached hydrogens (tertiary/aromatic N) is 2. The van der Waals surface area contributed by atoms with Gasteiger partial charge >= 0.3 is 0 Å². The molecule has 0 aliphatic heterocycles. The van der Waals surface area contributed by atoms with Gasteiger partial charge in [0, 0.05) is 10.6 Å². The Balaban J connectivity index is 1.78. The van der Waals surface area contributed by atoms with Crippen molar-refractivity contribution in [2.24, 2.45) is 5.92 Å². The lowest BCUT2D eigenvalue weighted by atomic mass is 9.97. The monoisotopic (exact) mass is 340 g/mol. The van der Waals surface area contributed by atoms with Gasteiger partial charge in [-0.3, -0.25) is 0 Å². The van der Waals surface area contributed by atoms with Crippen molar-refractivity contribution in [1.82, 2.24) is 10.2 Å². The third-order valence-corrected chi connectivity index (χ3v) is 4.28. The second-order valence-electron chi connectivity index (χ2n) is 6.51. The minimum atomic E-state index is 0.0617. The van der Waals surface area contributed by atoms with Gasteiger partial charge < -0.3 is 4.42 Å². The van der Waals surface area contributed by atoms with Crippen molar-refractivity contribution in [2.75, 3.05) is 0 Å². The van der Waals surface area contributed by atoms with Crippen molar-refractivity contribution < 1.29 is 4.42 Å². The molecule has 0 amide bonds. The summed E-state index contributed by atoms with van der Waals surface area (Å²) >= 11 is 5.91. The van der Waals surface area contributed by atoms with E-state index in [1.165, 1.54) is 11.1 Å². The summed E-state index contributed by atoms with van der Waals surface area (Å²) in [6.45, 7) is 6.54. The summed E-state index contributed by atoms with van der Waals surface area (Å²) in [6, 6.07) is 16.1. The third kappa shape index (κ3) is 3.85. The predicted molar refractivity (Wildman–Crippen MR) is 97.2 cm³/mol. The van der Waals surface area contributed by atoms with E-state index in [1.807, 2.05) is 24.3 Å². The molecule has 2 aromatic carbocycles. The standard InChI is InChI=1S/C20H21ClN2O/c1-13(2)12-15-4-6-16(7-5-15)14(3)19-22-23-20(24-19)17-8-10-18(21)11-9-17/h4-11,13-14H,12H2,1-3H3/t14-/m0/s1. The minimum Gasteiger partial charge on any atom is -0.420 e. The van der Waals surface area contributed by atoms with Gasteiger partial charge in [0.15, 0.2) is 0 Å². The van der Waals surface area contributed by atoms with E-state index in [0.717, 1.165) is 12.0 Å². The number of aromatic nitrogens is 2. The van der Waals surface area contributed by atoms with Gasteiger partial charge in [-0.05, 0) is 54.7 Å². The molecule has 0 radical (unpaired) electrons. The predicted octanol–water partition coefficient (Wildman–Crippen LogP) is 5.74. The van der Waals surface area contributed by atoms with E-state index in [9.17, 15) is 0 Å². The van der Waals surface area contributed by atoms with Crippen LogP contribution in [-0.4, -0.2) is 10.2 Å². The maximum absolute atomic E-state index is 5.91. The largest absolute Gasteiger partial charge is 0.420 e. The van der Waals surface area contributed by atoms with E-state index < -0.39 is 0 Å². The maximum Gasteiger partial charge on any atom is 0.247 e. The Labute approximate surface area is 147 Å². The van der Waals surface area contributed by atoms with Crippen molar-refractivity contribution in [1.29, 1.82) is 0 Å². The molecule has 1 aromatic heterocycles. The van der Waals surface area contributed by atoms with Crippen molar-refractivity contribution in [3.8, 4) is 11.5 Å². The molecule has 124 valence electrons. The molecule has 0 aliphatic carbocycles. The Bertz CT molecular complexity index is 791. The van der Waals surface area contributed by atoms with Crippen molar-refractivity contribution in [3.63, 3.8) is 0 Å². The fourth-order valence-electron chi connectivity index (χ4n) is 2.68. The van der Waals surface area contributed by atoms with Gasteiger partial charge in [-0.2, -0.15) is 0 Å². The first-order chi connectivity index (χ1) is 11.5. The van der Waals surface area contributed by atoms with E-state index >= 15 is 0 Å². The molecule has 0 spiro atoms. The molecule has 1 atom stereocenters. The quantitative estimate of drug-likeness (QED) is 0.594. The van der Waals surface area contributed by atoms with Crippen LogP contribution < -0.4 is 0 Å². The molecule has 3 nitrogen and oxygen atoms in total. The summed E-state index contributed by atoms with van der Waals surface area (Å²) in [5.41, 5.74) is 3.40. The topological polar surface area (TPSA) is 38.9 Å². The molecule has 3 rings (SSSR count). The molecular formula is C20H21ClN2O. The van der Waals surface area contributed by atoms with Gasteiger partial charge in [0.05, 0.1) is 5.92 Å². The van der Waals surface area contributed by atoms with Gasteiger partial charge in [0.25, 0.3) is 0 Å². The van der Waals surface area contributed by atoms with Crippen LogP contribution in [-0.2, 0) is 6.42 Å². The van der Waals surface area contributed by atoms with Crippen molar-refractivity contribution >= 4 is 11.6 Å². The number of benzene rings is 2. The summed E-state index contributed by atoms with van der Waals surface area (Å²) in [7, 11) is 0. The van der Waals surface area contributed by atoms with Crippen LogP contribution in [0.25, 0.3) is 11.5 Å². The van der Waals surface area contributed by atoms with E-state index in [0.29, 0.717) is 22.7 Å². The average Bonchev–Trinajstić information content (AvgIpc) is 3.05. The summed E-state index contributed by atoms with van der Waals surface area (Å²) in [6.07, 6.45) is 1.09. The average molecular weight is 341 g/mol. The van der Waals surface area contributed by atoms with Crippen LogP contribution in [0.1, 0.15) is 43.7 Å². The summed E-state index contributed by atoms with van der Waals surface area (Å²) in [5, 5.41) is 9.06. The maximum atomic E-state index is 5.91. The fourth-order valence-corrected chi connectivity index (χ4v) is 2.80. The highest BCUT2D eigenvalue weighted by Gasteiger charge is 2.17. The molecule has 0 saturated heterocycles. The third-order valence-electron chi connectivity index (χ3n) is 4.03. The first-order valence-corrected chi connectivity index (χ1v) is 8.59. The lowest BCUT2D eigenvalue weighted by molar-refractivity contribution is 0.490. The number of halogens is 1. The van der Waals surface area contributed by atoms with Gasteiger partial charge in [0.1, 0.15) is 0 Å². The van der Waals surface area contributed by atoms with E-state index in [4.69, 9.17) is 16.0 Å². The lowest BCUT2D eigenvalue weighted by Gasteiger charge is -2.09. The zero-order valence-corrected chi connectivity index (χ0v) is 14.9. The van der Waals surface area contributed by atoms with Gasteiger partial charge in [0.2, 0.25) is 11.8 Å². The van der Waals surface area contributed by atoms with Crippen LogP contribution in [0.5, 0.6) is 0 Å². The second-order valence-corrected chi connectivity index (χ2v) is 6.95. The Hall–Kier alpha value is -2.13. The van der Waals surface area contributed by atoms with Gasteiger partial charge in [-0.25, -0.2) is 0 Å². The number of hydrogen-bond donors (Lipinski definition) is 0. The first kappa shape index (κ1) is 16.7. The number of rotatable bonds is 5. The molecule has 0 saturated carbocycles. The normalized spacial score (nSPS) is 12.5. The van der Waals surface area contributed by atoms with E-state index in [-0.39, 0.29) is 5.92 Å². The zero-order valence-electron chi connectivity index (χ0n) is 14.2. The second kappa shape index (κ2) is 7.18. The number of hydrogen-bond acceptors (Lipinski definition) is 3. The highest BCUT2D eigenvalue weighted by atomic mass is 35.5. The first-order valence-electron chi connectivity index (χ1n) is 8.21. The molecule has 3 aromatic rings. The molecule has 24 heavy (non-hydrogen) atoms. The van der Waals surface area contributed by atoms with Crippen LogP contribution in [0.2, 0.25) is 5.02 Å². The smallest absolute Gasteiger partial charge is 0.247 e. The van der Waals surface area contributed by atoms with Crippen LogP contribution >= 0.6 is 11.6 Å².